The van der Waals surface area contributed by atoms with Crippen LogP contribution in [0, 0.1) is 5.41 Å². The van der Waals surface area contributed by atoms with E-state index in [-0.39, 0.29) is 18.0 Å². The van der Waals surface area contributed by atoms with Gasteiger partial charge in [-0.2, -0.15) is 4.98 Å². The third kappa shape index (κ3) is 5.08. The van der Waals surface area contributed by atoms with Gasteiger partial charge in [0.05, 0.1) is 12.1 Å². The molecule has 0 atom stereocenters. The molecule has 3 fully saturated rings. The molecule has 1 saturated heterocycles. The normalized spacial score (nSPS) is 23.1. The predicted molar refractivity (Wildman–Crippen MR) is 134 cm³/mol. The van der Waals surface area contributed by atoms with E-state index in [2.05, 4.69) is 20.5 Å². The zero-order valence-corrected chi connectivity index (χ0v) is 20.4. The van der Waals surface area contributed by atoms with Crippen molar-refractivity contribution in [3.8, 4) is 5.75 Å². The molecular weight excluding hydrogens is 452 g/mol. The Morgan fingerprint density at radius 2 is 2.06 bits per heavy atom. The minimum Gasteiger partial charge on any atom is -0.495 e. The largest absolute Gasteiger partial charge is 0.495 e. The van der Waals surface area contributed by atoms with E-state index in [4.69, 9.17) is 27.1 Å². The molecule has 5 rings (SSSR count). The van der Waals surface area contributed by atoms with Crippen LogP contribution >= 0.6 is 11.6 Å². The van der Waals surface area contributed by atoms with E-state index in [0.29, 0.717) is 40.1 Å². The second kappa shape index (κ2) is 9.58. The molecule has 1 aromatic heterocycles. The Morgan fingerprint density at radius 3 is 2.74 bits per heavy atom. The van der Waals surface area contributed by atoms with Crippen molar-refractivity contribution in [3.63, 3.8) is 0 Å². The molecule has 2 aliphatic carbocycles. The van der Waals surface area contributed by atoms with Crippen LogP contribution in [0.1, 0.15) is 60.9 Å². The quantitative estimate of drug-likeness (QED) is 0.549. The van der Waals surface area contributed by atoms with Gasteiger partial charge in [-0.15, -0.1) is 0 Å². The summed E-state index contributed by atoms with van der Waals surface area (Å²) < 4.78 is 5.25. The summed E-state index contributed by atoms with van der Waals surface area (Å²) in [7, 11) is 1.59. The average Bonchev–Trinajstić information content (AvgIpc) is 3.47. The van der Waals surface area contributed by atoms with E-state index < -0.39 is 0 Å². The highest BCUT2D eigenvalue weighted by molar-refractivity contribution is 6.32. The molecule has 2 heterocycles. The molecule has 0 radical (unpaired) electrons. The van der Waals surface area contributed by atoms with Crippen molar-refractivity contribution in [2.75, 3.05) is 30.4 Å². The monoisotopic (exact) mass is 484 g/mol. The van der Waals surface area contributed by atoms with Crippen molar-refractivity contribution in [2.45, 2.75) is 63.6 Å². The molecule has 2 aromatic rings. The molecule has 0 bridgehead atoms. The minimum absolute atomic E-state index is 0.133. The third-order valence-electron chi connectivity index (χ3n) is 7.48. The van der Waals surface area contributed by atoms with Crippen molar-refractivity contribution in [2.24, 2.45) is 11.1 Å². The van der Waals surface area contributed by atoms with Gasteiger partial charge in [0.2, 0.25) is 5.95 Å². The topological polar surface area (TPSA) is 105 Å². The van der Waals surface area contributed by atoms with E-state index in [1.54, 1.807) is 13.3 Å². The lowest BCUT2D eigenvalue weighted by Gasteiger charge is -2.27. The standard InChI is InChI=1S/C25H33ClN6O2/c1-34-21-7-2-16(12-20(21)26)13-28-22-19(23(33)30-18-5-3-17(27)4-6-18)14-29-24(31-22)32-11-10-25(15-32)8-9-25/h2,7,12,14,17-18H,3-6,8-11,13,15,27H2,1H3,(H,30,33)(H,28,29,31). The maximum atomic E-state index is 13.2. The van der Waals surface area contributed by atoms with Gasteiger partial charge in [0.25, 0.3) is 5.91 Å². The minimum atomic E-state index is -0.151. The Hall–Kier alpha value is -2.58. The molecule has 1 aromatic carbocycles. The van der Waals surface area contributed by atoms with Gasteiger partial charge in [0.15, 0.2) is 0 Å². The van der Waals surface area contributed by atoms with E-state index >= 15 is 0 Å². The number of methoxy groups -OCH3 is 1. The van der Waals surface area contributed by atoms with Crippen LogP contribution in [0.15, 0.2) is 24.4 Å². The van der Waals surface area contributed by atoms with Crippen molar-refractivity contribution >= 4 is 29.3 Å². The molecule has 2 saturated carbocycles. The van der Waals surface area contributed by atoms with Crippen molar-refractivity contribution in [1.82, 2.24) is 15.3 Å². The fraction of sp³-hybridized carbons (Fsp3) is 0.560. The molecule has 4 N–H and O–H groups in total. The first-order valence-corrected chi connectivity index (χ1v) is 12.6. The van der Waals surface area contributed by atoms with Gasteiger partial charge in [0.1, 0.15) is 17.1 Å². The number of ether oxygens (including phenoxy) is 1. The summed E-state index contributed by atoms with van der Waals surface area (Å²) in [5.41, 5.74) is 7.92. The van der Waals surface area contributed by atoms with Crippen LogP contribution < -0.4 is 26.0 Å². The number of rotatable bonds is 7. The van der Waals surface area contributed by atoms with Gasteiger partial charge < -0.3 is 26.0 Å². The number of amides is 1. The molecule has 1 amide bonds. The summed E-state index contributed by atoms with van der Waals surface area (Å²) in [6.07, 6.45) is 9.09. The predicted octanol–water partition coefficient (Wildman–Crippen LogP) is 3.74. The fourth-order valence-corrected chi connectivity index (χ4v) is 5.33. The van der Waals surface area contributed by atoms with E-state index in [1.165, 1.54) is 19.3 Å². The van der Waals surface area contributed by atoms with E-state index in [0.717, 1.165) is 44.3 Å². The number of halogens is 1. The summed E-state index contributed by atoms with van der Waals surface area (Å²) in [5.74, 6) is 1.70. The third-order valence-corrected chi connectivity index (χ3v) is 7.78. The number of carbonyl (C=O) groups is 1. The Kier molecular flexibility index (Phi) is 6.53. The number of nitrogens with zero attached hydrogens (tertiary/aromatic N) is 3. The summed E-state index contributed by atoms with van der Waals surface area (Å²) in [6.45, 7) is 2.43. The number of benzene rings is 1. The first-order chi connectivity index (χ1) is 16.4. The molecule has 1 aliphatic heterocycles. The number of anilines is 2. The highest BCUT2D eigenvalue weighted by atomic mass is 35.5. The highest BCUT2D eigenvalue weighted by Crippen LogP contribution is 2.53. The molecule has 182 valence electrons. The van der Waals surface area contributed by atoms with Gasteiger partial charge in [-0.25, -0.2) is 4.98 Å². The van der Waals surface area contributed by atoms with Crippen molar-refractivity contribution in [3.05, 3.63) is 40.5 Å². The maximum Gasteiger partial charge on any atom is 0.256 e. The van der Waals surface area contributed by atoms with Crippen molar-refractivity contribution in [1.29, 1.82) is 0 Å². The van der Waals surface area contributed by atoms with Crippen LogP contribution in [0.4, 0.5) is 11.8 Å². The molecule has 9 heteroatoms. The molecule has 8 nitrogen and oxygen atoms in total. The van der Waals surface area contributed by atoms with Gasteiger partial charge in [-0.1, -0.05) is 17.7 Å². The SMILES string of the molecule is COc1ccc(CNc2nc(N3CCC4(CC4)C3)ncc2C(=O)NC2CCC(N)CC2)cc1Cl. The summed E-state index contributed by atoms with van der Waals surface area (Å²) in [6, 6.07) is 6.01. The average molecular weight is 485 g/mol. The number of hydrogen-bond acceptors (Lipinski definition) is 7. The highest BCUT2D eigenvalue weighted by Gasteiger charge is 2.48. The summed E-state index contributed by atoms with van der Waals surface area (Å²) in [5, 5.41) is 7.07. The van der Waals surface area contributed by atoms with Crippen LogP contribution in [0.3, 0.4) is 0 Å². The lowest BCUT2D eigenvalue weighted by atomic mass is 9.91. The smallest absolute Gasteiger partial charge is 0.256 e. The maximum absolute atomic E-state index is 13.2. The second-order valence-electron chi connectivity index (χ2n) is 10.0. The Morgan fingerprint density at radius 1 is 1.26 bits per heavy atom. The number of aromatic nitrogens is 2. The van der Waals surface area contributed by atoms with Crippen LogP contribution in [-0.4, -0.2) is 48.2 Å². The number of nitrogens with one attached hydrogen (secondary N) is 2. The second-order valence-corrected chi connectivity index (χ2v) is 10.4. The van der Waals surface area contributed by atoms with Gasteiger partial charge >= 0.3 is 0 Å². The van der Waals surface area contributed by atoms with Crippen LogP contribution in [-0.2, 0) is 6.54 Å². The Labute approximate surface area is 205 Å². The fourth-order valence-electron chi connectivity index (χ4n) is 5.05. The summed E-state index contributed by atoms with van der Waals surface area (Å²) >= 11 is 6.30. The Bertz CT molecular complexity index is 1050. The Balaban J connectivity index is 1.34. The van der Waals surface area contributed by atoms with Crippen LogP contribution in [0.25, 0.3) is 0 Å². The van der Waals surface area contributed by atoms with Gasteiger partial charge in [-0.3, -0.25) is 4.79 Å². The summed E-state index contributed by atoms with van der Waals surface area (Å²) in [4.78, 5) is 24.8. The molecule has 1 spiro atoms. The van der Waals surface area contributed by atoms with Gasteiger partial charge in [0, 0.05) is 37.9 Å². The lowest BCUT2D eigenvalue weighted by Crippen LogP contribution is -2.40. The van der Waals surface area contributed by atoms with Gasteiger partial charge in [-0.05, 0) is 68.1 Å². The number of carbonyl (C=O) groups excluding carboxylic acids is 1. The lowest BCUT2D eigenvalue weighted by molar-refractivity contribution is 0.0926. The first-order valence-electron chi connectivity index (χ1n) is 12.2. The molecule has 0 unspecified atom stereocenters. The first kappa shape index (κ1) is 23.2. The van der Waals surface area contributed by atoms with E-state index in [1.807, 2.05) is 18.2 Å². The van der Waals surface area contributed by atoms with E-state index in [9.17, 15) is 4.79 Å². The molecular formula is C25H33ClN6O2. The van der Waals surface area contributed by atoms with Crippen molar-refractivity contribution < 1.29 is 9.53 Å². The molecule has 3 aliphatic rings. The van der Waals surface area contributed by atoms with Crippen LogP contribution in [0.5, 0.6) is 5.75 Å². The molecule has 34 heavy (non-hydrogen) atoms. The zero-order chi connectivity index (χ0) is 23.7. The zero-order valence-electron chi connectivity index (χ0n) is 19.6. The number of nitrogens with two attached hydrogens (primary N) is 1. The van der Waals surface area contributed by atoms with Crippen LogP contribution in [0.2, 0.25) is 5.02 Å². The number of hydrogen-bond donors (Lipinski definition) is 3.